The number of aliphatic hydroxyl groups is 1. The summed E-state index contributed by atoms with van der Waals surface area (Å²) in [4.78, 5) is 0. The predicted molar refractivity (Wildman–Crippen MR) is 43.6 cm³/mol. The molecule has 0 heterocycles. The van der Waals surface area contributed by atoms with Crippen molar-refractivity contribution in [2.75, 3.05) is 20.3 Å². The van der Waals surface area contributed by atoms with Crippen LogP contribution >= 0.6 is 0 Å². The number of ether oxygens (including phenoxy) is 2. The van der Waals surface area contributed by atoms with Crippen molar-refractivity contribution in [2.45, 2.75) is 32.5 Å². The zero-order valence-electron chi connectivity index (χ0n) is 7.54. The van der Waals surface area contributed by atoms with Crippen LogP contribution in [0, 0.1) is 0 Å². The van der Waals surface area contributed by atoms with Crippen LogP contribution in [0.15, 0.2) is 0 Å². The monoisotopic (exact) mass is 162 g/mol. The Hall–Kier alpha value is -0.120. The second-order valence-electron chi connectivity index (χ2n) is 2.82. The zero-order chi connectivity index (χ0) is 8.69. The van der Waals surface area contributed by atoms with Gasteiger partial charge in [-0.25, -0.2) is 0 Å². The smallest absolute Gasteiger partial charge is 0.0795 e. The van der Waals surface area contributed by atoms with E-state index in [1.165, 1.54) is 0 Å². The third kappa shape index (κ3) is 7.78. The highest BCUT2D eigenvalue weighted by Gasteiger charge is 2.02. The lowest BCUT2D eigenvalue weighted by Crippen LogP contribution is -2.17. The molecule has 11 heavy (non-hydrogen) atoms. The maximum Gasteiger partial charge on any atom is 0.0795 e. The van der Waals surface area contributed by atoms with Gasteiger partial charge in [-0.1, -0.05) is 0 Å². The summed E-state index contributed by atoms with van der Waals surface area (Å²) >= 11 is 0. The molecule has 1 unspecified atom stereocenters. The second-order valence-corrected chi connectivity index (χ2v) is 2.82. The molecule has 1 N–H and O–H groups in total. The highest BCUT2D eigenvalue weighted by molar-refractivity contribution is 4.52. The predicted octanol–water partition coefficient (Wildman–Crippen LogP) is 0.809. The van der Waals surface area contributed by atoms with Crippen LogP contribution in [-0.2, 0) is 9.47 Å². The molecule has 0 aliphatic heterocycles. The molecule has 3 heteroatoms. The van der Waals surface area contributed by atoms with Crippen LogP contribution in [0.5, 0.6) is 0 Å². The van der Waals surface area contributed by atoms with Crippen LogP contribution in [0.2, 0.25) is 0 Å². The van der Waals surface area contributed by atoms with E-state index in [2.05, 4.69) is 0 Å². The molecule has 0 spiro atoms. The summed E-state index contributed by atoms with van der Waals surface area (Å²) in [6, 6.07) is 0. The molecule has 0 saturated heterocycles. The standard InChI is InChI=1S/C8H18O3/c1-7(2)11-5-4-8(9)6-10-3/h7-9H,4-6H2,1-3H3. The summed E-state index contributed by atoms with van der Waals surface area (Å²) < 4.78 is 10.00. The lowest BCUT2D eigenvalue weighted by atomic mass is 10.3. The van der Waals surface area contributed by atoms with Gasteiger partial charge < -0.3 is 14.6 Å². The number of methoxy groups -OCH3 is 1. The molecule has 0 saturated carbocycles. The molecule has 0 radical (unpaired) electrons. The Labute approximate surface area is 68.3 Å². The van der Waals surface area contributed by atoms with Gasteiger partial charge in [-0.2, -0.15) is 0 Å². The highest BCUT2D eigenvalue weighted by Crippen LogP contribution is 1.95. The van der Waals surface area contributed by atoms with Gasteiger partial charge in [-0.05, 0) is 20.3 Å². The average Bonchev–Trinajstić information content (AvgIpc) is 1.87. The summed E-state index contributed by atoms with van der Waals surface area (Å²) in [5.74, 6) is 0. The molecule has 0 bridgehead atoms. The van der Waals surface area contributed by atoms with E-state index in [0.29, 0.717) is 19.6 Å². The van der Waals surface area contributed by atoms with Crippen molar-refractivity contribution in [1.29, 1.82) is 0 Å². The Balaban J connectivity index is 3.10. The summed E-state index contributed by atoms with van der Waals surface area (Å²) in [6.07, 6.45) is 0.495. The summed E-state index contributed by atoms with van der Waals surface area (Å²) in [7, 11) is 1.58. The van der Waals surface area contributed by atoms with Gasteiger partial charge >= 0.3 is 0 Å². The minimum atomic E-state index is -0.390. The van der Waals surface area contributed by atoms with Gasteiger partial charge in [0.25, 0.3) is 0 Å². The molecule has 68 valence electrons. The summed E-state index contributed by atoms with van der Waals surface area (Å²) in [5.41, 5.74) is 0. The second kappa shape index (κ2) is 6.58. The van der Waals surface area contributed by atoms with E-state index in [9.17, 15) is 0 Å². The number of hydrogen-bond donors (Lipinski definition) is 1. The van der Waals surface area contributed by atoms with Crippen LogP contribution in [-0.4, -0.2) is 37.6 Å². The number of rotatable bonds is 6. The van der Waals surface area contributed by atoms with Gasteiger partial charge in [0.1, 0.15) is 0 Å². The van der Waals surface area contributed by atoms with E-state index < -0.39 is 6.10 Å². The highest BCUT2D eigenvalue weighted by atomic mass is 16.5. The Bertz CT molecular complexity index is 83.4. The zero-order valence-corrected chi connectivity index (χ0v) is 7.54. The fourth-order valence-electron chi connectivity index (χ4n) is 0.716. The van der Waals surface area contributed by atoms with Gasteiger partial charge in [0.2, 0.25) is 0 Å². The van der Waals surface area contributed by atoms with Crippen molar-refractivity contribution in [2.24, 2.45) is 0 Å². The third-order valence-electron chi connectivity index (χ3n) is 1.26. The maximum atomic E-state index is 9.16. The first-order valence-electron chi connectivity index (χ1n) is 3.95. The van der Waals surface area contributed by atoms with Gasteiger partial charge in [0.15, 0.2) is 0 Å². The fourth-order valence-corrected chi connectivity index (χ4v) is 0.716. The first kappa shape index (κ1) is 10.9. The molecule has 0 aliphatic carbocycles. The van der Waals surface area contributed by atoms with Crippen LogP contribution in [0.25, 0.3) is 0 Å². The Kier molecular flexibility index (Phi) is 6.51. The lowest BCUT2D eigenvalue weighted by Gasteiger charge is -2.11. The van der Waals surface area contributed by atoms with Gasteiger partial charge in [0.05, 0.1) is 18.8 Å². The van der Waals surface area contributed by atoms with E-state index in [1.54, 1.807) is 7.11 Å². The number of hydrogen-bond acceptors (Lipinski definition) is 3. The largest absolute Gasteiger partial charge is 0.391 e. The Morgan fingerprint density at radius 1 is 1.36 bits per heavy atom. The Morgan fingerprint density at radius 3 is 2.45 bits per heavy atom. The normalized spacial score (nSPS) is 13.9. The van der Waals surface area contributed by atoms with E-state index in [-0.39, 0.29) is 6.10 Å². The van der Waals surface area contributed by atoms with Crippen molar-refractivity contribution in [3.8, 4) is 0 Å². The molecule has 0 aliphatic rings. The van der Waals surface area contributed by atoms with Crippen molar-refractivity contribution in [1.82, 2.24) is 0 Å². The summed E-state index contributed by atoms with van der Waals surface area (Å²) in [6.45, 7) is 4.94. The van der Waals surface area contributed by atoms with Crippen LogP contribution in [0.3, 0.4) is 0 Å². The van der Waals surface area contributed by atoms with E-state index in [4.69, 9.17) is 14.6 Å². The third-order valence-corrected chi connectivity index (χ3v) is 1.26. The summed E-state index contributed by atoms with van der Waals surface area (Å²) in [5, 5.41) is 9.16. The fraction of sp³-hybridized carbons (Fsp3) is 1.00. The van der Waals surface area contributed by atoms with Gasteiger partial charge in [-0.3, -0.25) is 0 Å². The number of aliphatic hydroxyl groups excluding tert-OH is 1. The van der Waals surface area contributed by atoms with E-state index in [1.807, 2.05) is 13.8 Å². The topological polar surface area (TPSA) is 38.7 Å². The molecule has 0 rings (SSSR count). The van der Waals surface area contributed by atoms with Crippen LogP contribution < -0.4 is 0 Å². The van der Waals surface area contributed by atoms with Crippen molar-refractivity contribution < 1.29 is 14.6 Å². The first-order chi connectivity index (χ1) is 5.16. The van der Waals surface area contributed by atoms with Crippen molar-refractivity contribution in [3.63, 3.8) is 0 Å². The molecule has 0 fully saturated rings. The molecule has 3 nitrogen and oxygen atoms in total. The average molecular weight is 162 g/mol. The molecule has 0 aromatic carbocycles. The molecular formula is C8H18O3. The molecule has 0 amide bonds. The van der Waals surface area contributed by atoms with Crippen molar-refractivity contribution in [3.05, 3.63) is 0 Å². The van der Waals surface area contributed by atoms with Crippen LogP contribution in [0.4, 0.5) is 0 Å². The van der Waals surface area contributed by atoms with E-state index >= 15 is 0 Å². The first-order valence-corrected chi connectivity index (χ1v) is 3.95. The SMILES string of the molecule is COCC(O)CCOC(C)C. The maximum absolute atomic E-state index is 9.16. The molecule has 0 aromatic heterocycles. The van der Waals surface area contributed by atoms with E-state index in [0.717, 1.165) is 0 Å². The minimum Gasteiger partial charge on any atom is -0.391 e. The van der Waals surface area contributed by atoms with Gasteiger partial charge in [0, 0.05) is 13.7 Å². The Morgan fingerprint density at radius 2 is 2.00 bits per heavy atom. The molecular weight excluding hydrogens is 144 g/mol. The van der Waals surface area contributed by atoms with Crippen molar-refractivity contribution >= 4 is 0 Å². The van der Waals surface area contributed by atoms with Gasteiger partial charge in [-0.15, -0.1) is 0 Å². The minimum absolute atomic E-state index is 0.241. The molecule has 0 aromatic rings. The quantitative estimate of drug-likeness (QED) is 0.628. The molecule has 1 atom stereocenters. The lowest BCUT2D eigenvalue weighted by molar-refractivity contribution is 0.0162. The van der Waals surface area contributed by atoms with Crippen LogP contribution in [0.1, 0.15) is 20.3 Å².